The molecule has 1 heterocycles. The number of aromatic nitrogens is 1. The van der Waals surface area contributed by atoms with E-state index in [1.807, 2.05) is 49.4 Å². The van der Waals surface area contributed by atoms with Gasteiger partial charge in [0.25, 0.3) is 0 Å². The highest BCUT2D eigenvalue weighted by atomic mass is 79.9. The Hall–Kier alpha value is -1.95. The van der Waals surface area contributed by atoms with Gasteiger partial charge in [0.2, 0.25) is 0 Å². The molecule has 0 amide bonds. The van der Waals surface area contributed by atoms with Crippen LogP contribution in [0.25, 0.3) is 22.0 Å². The molecule has 1 aromatic heterocycles. The third kappa shape index (κ3) is 4.18. The lowest BCUT2D eigenvalue weighted by atomic mass is 9.91. The second kappa shape index (κ2) is 8.42. The normalized spacial score (nSPS) is 15.7. The largest absolute Gasteiger partial charge is 0.479 e. The molecule has 4 nitrogen and oxygen atoms in total. The molecular weight excluding hydrogens is 454 g/mol. The van der Waals surface area contributed by atoms with Crippen molar-refractivity contribution in [2.24, 2.45) is 0 Å². The molecule has 1 aliphatic carbocycles. The van der Waals surface area contributed by atoms with Gasteiger partial charge in [-0.05, 0) is 61.2 Å². The molecule has 1 fully saturated rings. The molecule has 2 aromatic carbocycles. The highest BCUT2D eigenvalue weighted by Gasteiger charge is 2.32. The van der Waals surface area contributed by atoms with E-state index in [4.69, 9.17) is 21.3 Å². The number of carbonyl (C=O) groups is 1. The van der Waals surface area contributed by atoms with Crippen molar-refractivity contribution < 1.29 is 14.6 Å². The number of hydrogen-bond donors (Lipinski definition) is 1. The average molecular weight is 475 g/mol. The molecular formula is C23H21BrClNO3. The van der Waals surface area contributed by atoms with Crippen LogP contribution in [-0.2, 0) is 9.53 Å². The zero-order valence-corrected chi connectivity index (χ0v) is 18.3. The number of hydrogen-bond acceptors (Lipinski definition) is 3. The van der Waals surface area contributed by atoms with Crippen LogP contribution in [0.1, 0.15) is 43.0 Å². The van der Waals surface area contributed by atoms with Crippen LogP contribution < -0.4 is 0 Å². The van der Waals surface area contributed by atoms with E-state index < -0.39 is 12.1 Å². The molecule has 3 aromatic rings. The predicted molar refractivity (Wildman–Crippen MR) is 118 cm³/mol. The molecule has 1 N–H and O–H groups in total. The molecule has 1 unspecified atom stereocenters. The fraction of sp³-hybridized carbons (Fsp3) is 0.304. The minimum atomic E-state index is -1.07. The van der Waals surface area contributed by atoms with Gasteiger partial charge in [0.05, 0.1) is 11.6 Å². The molecule has 0 saturated heterocycles. The first-order valence-corrected chi connectivity index (χ1v) is 10.8. The molecule has 4 rings (SSSR count). The summed E-state index contributed by atoms with van der Waals surface area (Å²) in [6, 6.07) is 13.3. The van der Waals surface area contributed by atoms with Crippen LogP contribution in [0, 0.1) is 6.92 Å². The summed E-state index contributed by atoms with van der Waals surface area (Å²) in [4.78, 5) is 17.0. The summed E-state index contributed by atoms with van der Waals surface area (Å²) in [7, 11) is 0. The average Bonchev–Trinajstić information content (AvgIpc) is 3.20. The van der Waals surface area contributed by atoms with Crippen LogP contribution in [0.4, 0.5) is 0 Å². The fourth-order valence-corrected chi connectivity index (χ4v) is 4.57. The Bertz CT molecular complexity index is 1060. The van der Waals surface area contributed by atoms with Gasteiger partial charge >= 0.3 is 5.97 Å². The van der Waals surface area contributed by atoms with E-state index >= 15 is 0 Å². The summed E-state index contributed by atoms with van der Waals surface area (Å²) in [6.45, 7) is 1.85. The summed E-state index contributed by atoms with van der Waals surface area (Å²) in [5.41, 5.74) is 3.80. The van der Waals surface area contributed by atoms with Crippen LogP contribution in [-0.4, -0.2) is 22.2 Å². The number of aryl methyl sites for hydroxylation is 1. The smallest absolute Gasteiger partial charge is 0.337 e. The van der Waals surface area contributed by atoms with Crippen molar-refractivity contribution in [3.05, 3.63) is 63.2 Å². The van der Waals surface area contributed by atoms with Crippen molar-refractivity contribution in [1.82, 2.24) is 4.98 Å². The summed E-state index contributed by atoms with van der Waals surface area (Å²) in [5.74, 6) is -0.994. The van der Waals surface area contributed by atoms with Crippen molar-refractivity contribution in [2.75, 3.05) is 0 Å². The molecule has 1 atom stereocenters. The number of aliphatic carboxylic acids is 1. The first-order chi connectivity index (χ1) is 13.9. The van der Waals surface area contributed by atoms with Crippen LogP contribution in [0.3, 0.4) is 0 Å². The van der Waals surface area contributed by atoms with Crippen LogP contribution in [0.15, 0.2) is 46.9 Å². The minimum absolute atomic E-state index is 0.0354. The van der Waals surface area contributed by atoms with Crippen molar-refractivity contribution >= 4 is 44.4 Å². The van der Waals surface area contributed by atoms with Crippen molar-refractivity contribution in [3.8, 4) is 11.1 Å². The number of carboxylic acids is 1. The molecule has 0 spiro atoms. The number of ether oxygens (including phenoxy) is 1. The number of benzene rings is 2. The monoisotopic (exact) mass is 473 g/mol. The third-order valence-electron chi connectivity index (χ3n) is 5.43. The minimum Gasteiger partial charge on any atom is -0.479 e. The zero-order valence-electron chi connectivity index (χ0n) is 16.0. The Labute approximate surface area is 183 Å². The first-order valence-electron chi connectivity index (χ1n) is 9.68. The topological polar surface area (TPSA) is 59.4 Å². The number of fused-ring (bicyclic) bond motifs is 1. The summed E-state index contributed by atoms with van der Waals surface area (Å²) in [6.07, 6.45) is 2.83. The Morgan fingerprint density at radius 3 is 2.55 bits per heavy atom. The van der Waals surface area contributed by atoms with Gasteiger partial charge in [-0.3, -0.25) is 4.98 Å². The standard InChI is InChI=1S/C23H21BrClNO3/c1-13-20(22(23(27)28)29-17-4-2-3-5-17)21(14-6-9-16(25)10-7-14)18-12-15(24)8-11-19(18)26-13/h6-12,17,22H,2-5H2,1H3,(H,27,28). The Morgan fingerprint density at radius 1 is 1.21 bits per heavy atom. The molecule has 29 heavy (non-hydrogen) atoms. The van der Waals surface area contributed by atoms with E-state index in [-0.39, 0.29) is 6.10 Å². The van der Waals surface area contributed by atoms with E-state index in [0.29, 0.717) is 16.3 Å². The van der Waals surface area contributed by atoms with Crippen molar-refractivity contribution in [2.45, 2.75) is 44.8 Å². The van der Waals surface area contributed by atoms with E-state index in [1.165, 1.54) is 0 Å². The van der Waals surface area contributed by atoms with E-state index in [2.05, 4.69) is 15.9 Å². The Balaban J connectivity index is 1.98. The van der Waals surface area contributed by atoms with Gasteiger partial charge in [-0.1, -0.05) is 52.5 Å². The number of carboxylic acid groups (broad SMARTS) is 1. The molecule has 6 heteroatoms. The van der Waals surface area contributed by atoms with Gasteiger partial charge in [-0.25, -0.2) is 4.79 Å². The van der Waals surface area contributed by atoms with Crippen molar-refractivity contribution in [3.63, 3.8) is 0 Å². The molecule has 0 bridgehead atoms. The predicted octanol–water partition coefficient (Wildman–Crippen LogP) is 6.71. The summed E-state index contributed by atoms with van der Waals surface area (Å²) >= 11 is 9.64. The zero-order chi connectivity index (χ0) is 20.5. The second-order valence-electron chi connectivity index (χ2n) is 7.42. The van der Waals surface area contributed by atoms with Gasteiger partial charge in [0, 0.05) is 26.1 Å². The number of rotatable bonds is 5. The van der Waals surface area contributed by atoms with Crippen LogP contribution in [0.2, 0.25) is 5.02 Å². The molecule has 1 saturated carbocycles. The van der Waals surface area contributed by atoms with Gasteiger partial charge in [0.1, 0.15) is 0 Å². The first kappa shape index (κ1) is 20.3. The van der Waals surface area contributed by atoms with Gasteiger partial charge < -0.3 is 9.84 Å². The lowest BCUT2D eigenvalue weighted by Crippen LogP contribution is -2.23. The maximum atomic E-state index is 12.3. The van der Waals surface area contributed by atoms with Gasteiger partial charge in [0.15, 0.2) is 6.10 Å². The van der Waals surface area contributed by atoms with Crippen molar-refractivity contribution in [1.29, 1.82) is 0 Å². The highest BCUT2D eigenvalue weighted by Crippen LogP contribution is 2.40. The molecule has 1 aliphatic rings. The van der Waals surface area contributed by atoms with E-state index in [1.54, 1.807) is 0 Å². The van der Waals surface area contributed by atoms with E-state index in [9.17, 15) is 9.90 Å². The molecule has 0 aliphatic heterocycles. The number of halogens is 2. The SMILES string of the molecule is Cc1nc2ccc(Br)cc2c(-c2ccc(Cl)cc2)c1C(OC1CCCC1)C(=O)O. The van der Waals surface area contributed by atoms with E-state index in [0.717, 1.165) is 52.2 Å². The summed E-state index contributed by atoms with van der Waals surface area (Å²) in [5, 5.41) is 11.6. The van der Waals surface area contributed by atoms with Crippen LogP contribution >= 0.6 is 27.5 Å². The number of nitrogens with zero attached hydrogens (tertiary/aromatic N) is 1. The quantitative estimate of drug-likeness (QED) is 0.446. The fourth-order valence-electron chi connectivity index (χ4n) is 4.09. The molecule has 0 radical (unpaired) electrons. The lowest BCUT2D eigenvalue weighted by Gasteiger charge is -2.24. The van der Waals surface area contributed by atoms with Crippen LogP contribution in [0.5, 0.6) is 0 Å². The molecule has 150 valence electrons. The lowest BCUT2D eigenvalue weighted by molar-refractivity contribution is -0.154. The summed E-state index contributed by atoms with van der Waals surface area (Å²) < 4.78 is 7.03. The van der Waals surface area contributed by atoms with Gasteiger partial charge in [-0.15, -0.1) is 0 Å². The number of pyridine rings is 1. The van der Waals surface area contributed by atoms with Gasteiger partial charge in [-0.2, -0.15) is 0 Å². The maximum absolute atomic E-state index is 12.3. The third-order valence-corrected chi connectivity index (χ3v) is 6.17. The highest BCUT2D eigenvalue weighted by molar-refractivity contribution is 9.10. The Morgan fingerprint density at radius 2 is 1.90 bits per heavy atom. The Kier molecular flexibility index (Phi) is 5.91. The maximum Gasteiger partial charge on any atom is 0.337 e. The second-order valence-corrected chi connectivity index (χ2v) is 8.77.